The smallest absolute Gasteiger partial charge is 0.0541 e. The Bertz CT molecular complexity index is 4380. The average molecular weight is 893 g/mol. The third-order valence-electron chi connectivity index (χ3n) is 15.0. The molecule has 0 fully saturated rings. The number of rotatable bonds is 6. The topological polar surface area (TPSA) is 19.7 Å². The summed E-state index contributed by atoms with van der Waals surface area (Å²) in [6.45, 7) is 0. The van der Waals surface area contributed by atoms with Crippen molar-refractivity contribution >= 4 is 82.4 Å². The van der Waals surface area contributed by atoms with E-state index in [4.69, 9.17) is 0 Å². The standard InChI is InChI=1S/C66H44N4/c1-7-28-59-51(22-1)52-23-2-8-29-60(52)67(59)47-18-13-16-43(38-47)45-34-36-65-57(40-45)55-26-5-11-32-63(55)69(65)49-20-15-21-50(42-49)70-64-33-12-6-27-56(64)58-41-46(35-37-66(58)70)44-17-14-19-48(39-44)68-61-30-9-3-24-53(61)54-25-4-10-31-62(54)68/h1-5,7-26,28-42H,6,27H2. The Hall–Kier alpha value is -9.12. The van der Waals surface area contributed by atoms with Crippen LogP contribution in [0, 0.1) is 0 Å². The minimum Gasteiger partial charge on any atom is -0.310 e. The monoisotopic (exact) mass is 892 g/mol. The number of aromatic nitrogens is 4. The SMILES string of the molecule is C1=Cc2c(c3cc(-c4cccc(-n5c6ccccc6c6ccccc65)c4)ccc3n2-c2cccc(-n3c4ccccc4c4cc(-c5cccc(-n6c7ccccc7c7ccccc76)c5)ccc43)c2)CC1. The lowest BCUT2D eigenvalue weighted by Gasteiger charge is -2.15. The molecule has 15 rings (SSSR count). The fraction of sp³-hybridized carbons (Fsp3) is 0.0303. The van der Waals surface area contributed by atoms with Crippen molar-refractivity contribution in [2.45, 2.75) is 12.8 Å². The molecule has 328 valence electrons. The van der Waals surface area contributed by atoms with Crippen LogP contribution in [-0.2, 0) is 6.42 Å². The second-order valence-electron chi connectivity index (χ2n) is 18.8. The summed E-state index contributed by atoms with van der Waals surface area (Å²) in [5, 5.41) is 8.88. The molecular formula is C66H44N4. The fourth-order valence-electron chi connectivity index (χ4n) is 11.9. The molecule has 4 heterocycles. The largest absolute Gasteiger partial charge is 0.310 e. The molecule has 1 aliphatic rings. The molecule has 70 heavy (non-hydrogen) atoms. The molecule has 0 radical (unpaired) electrons. The maximum absolute atomic E-state index is 2.48. The third kappa shape index (κ3) is 5.77. The number of fused-ring (bicyclic) bond motifs is 12. The molecule has 0 unspecified atom stereocenters. The second-order valence-corrected chi connectivity index (χ2v) is 18.8. The Labute approximate surface area is 404 Å². The molecule has 4 heteroatoms. The fourth-order valence-corrected chi connectivity index (χ4v) is 11.9. The average Bonchev–Trinajstić information content (AvgIpc) is 4.16. The molecular weight excluding hydrogens is 849 g/mol. The minimum absolute atomic E-state index is 1.01. The van der Waals surface area contributed by atoms with E-state index >= 15 is 0 Å². The Morgan fingerprint density at radius 1 is 0.257 bits per heavy atom. The van der Waals surface area contributed by atoms with Crippen LogP contribution in [0.15, 0.2) is 237 Å². The molecule has 14 aromatic rings. The number of hydrogen-bond donors (Lipinski definition) is 0. The highest BCUT2D eigenvalue weighted by Crippen LogP contribution is 2.41. The number of allylic oxidation sites excluding steroid dienone is 1. The maximum Gasteiger partial charge on any atom is 0.0541 e. The van der Waals surface area contributed by atoms with Crippen LogP contribution in [0.5, 0.6) is 0 Å². The predicted octanol–water partition coefficient (Wildman–Crippen LogP) is 17.2. The van der Waals surface area contributed by atoms with Crippen molar-refractivity contribution in [1.82, 2.24) is 18.3 Å². The van der Waals surface area contributed by atoms with Crippen molar-refractivity contribution < 1.29 is 0 Å². The first-order valence-electron chi connectivity index (χ1n) is 24.4. The molecule has 0 atom stereocenters. The quantitative estimate of drug-likeness (QED) is 0.158. The molecule has 0 amide bonds. The van der Waals surface area contributed by atoms with E-state index in [0.717, 1.165) is 29.9 Å². The van der Waals surface area contributed by atoms with Gasteiger partial charge in [0.05, 0.1) is 38.6 Å². The van der Waals surface area contributed by atoms with Crippen molar-refractivity contribution in [1.29, 1.82) is 0 Å². The molecule has 0 N–H and O–H groups in total. The van der Waals surface area contributed by atoms with Crippen molar-refractivity contribution in [3.8, 4) is 45.0 Å². The van der Waals surface area contributed by atoms with Gasteiger partial charge in [0.25, 0.3) is 0 Å². The van der Waals surface area contributed by atoms with Gasteiger partial charge in [-0.2, -0.15) is 0 Å². The van der Waals surface area contributed by atoms with E-state index in [1.54, 1.807) is 0 Å². The second kappa shape index (κ2) is 15.2. The molecule has 0 spiro atoms. The van der Waals surface area contributed by atoms with Gasteiger partial charge in [0, 0.05) is 66.1 Å². The van der Waals surface area contributed by atoms with Crippen LogP contribution in [0.3, 0.4) is 0 Å². The first kappa shape index (κ1) is 38.9. The molecule has 10 aromatic carbocycles. The van der Waals surface area contributed by atoms with E-state index in [0.29, 0.717) is 0 Å². The molecule has 1 aliphatic carbocycles. The zero-order valence-corrected chi connectivity index (χ0v) is 38.3. The number of para-hydroxylation sites is 5. The van der Waals surface area contributed by atoms with E-state index < -0.39 is 0 Å². The zero-order valence-electron chi connectivity index (χ0n) is 38.3. The highest BCUT2D eigenvalue weighted by atomic mass is 15.0. The van der Waals surface area contributed by atoms with Crippen LogP contribution in [0.2, 0.25) is 0 Å². The van der Waals surface area contributed by atoms with Crippen molar-refractivity contribution in [3.05, 3.63) is 248 Å². The lowest BCUT2D eigenvalue weighted by Crippen LogP contribution is -2.02. The van der Waals surface area contributed by atoms with Gasteiger partial charge in [-0.1, -0.05) is 140 Å². The zero-order chi connectivity index (χ0) is 45.9. The van der Waals surface area contributed by atoms with E-state index in [2.05, 4.69) is 261 Å². The van der Waals surface area contributed by atoms with Gasteiger partial charge in [0.2, 0.25) is 0 Å². The van der Waals surface area contributed by atoms with Crippen molar-refractivity contribution in [2.75, 3.05) is 0 Å². The summed E-state index contributed by atoms with van der Waals surface area (Å²) in [5.74, 6) is 0. The summed E-state index contributed by atoms with van der Waals surface area (Å²) >= 11 is 0. The van der Waals surface area contributed by atoms with Crippen LogP contribution in [0.4, 0.5) is 0 Å². The van der Waals surface area contributed by atoms with Crippen LogP contribution in [-0.4, -0.2) is 18.3 Å². The van der Waals surface area contributed by atoms with Crippen LogP contribution in [0.1, 0.15) is 17.7 Å². The van der Waals surface area contributed by atoms with Crippen LogP contribution in [0.25, 0.3) is 127 Å². The van der Waals surface area contributed by atoms with Gasteiger partial charge in [-0.25, -0.2) is 0 Å². The number of benzene rings is 10. The number of aryl methyl sites for hydroxylation is 1. The Balaban J connectivity index is 0.831. The summed E-state index contributed by atoms with van der Waals surface area (Å²) < 4.78 is 9.74. The van der Waals surface area contributed by atoms with E-state index in [1.807, 2.05) is 0 Å². The van der Waals surface area contributed by atoms with Gasteiger partial charge in [0.15, 0.2) is 0 Å². The Morgan fingerprint density at radius 2 is 0.614 bits per heavy atom. The number of nitrogens with zero attached hydrogens (tertiary/aromatic N) is 4. The number of hydrogen-bond acceptors (Lipinski definition) is 0. The van der Waals surface area contributed by atoms with Crippen LogP contribution >= 0.6 is 0 Å². The third-order valence-corrected chi connectivity index (χ3v) is 15.0. The van der Waals surface area contributed by atoms with Gasteiger partial charge in [-0.15, -0.1) is 0 Å². The van der Waals surface area contributed by atoms with Crippen molar-refractivity contribution in [2.24, 2.45) is 0 Å². The maximum atomic E-state index is 2.48. The Morgan fingerprint density at radius 3 is 1.10 bits per heavy atom. The van der Waals surface area contributed by atoms with Crippen LogP contribution < -0.4 is 0 Å². The molecule has 0 aliphatic heterocycles. The van der Waals surface area contributed by atoms with Gasteiger partial charge < -0.3 is 18.3 Å². The molecule has 0 saturated carbocycles. The lowest BCUT2D eigenvalue weighted by molar-refractivity contribution is 0.966. The summed E-state index contributed by atoms with van der Waals surface area (Å²) in [6.07, 6.45) is 6.72. The molecule has 4 nitrogen and oxygen atoms in total. The molecule has 0 bridgehead atoms. The highest BCUT2D eigenvalue weighted by Gasteiger charge is 2.22. The first-order chi connectivity index (χ1) is 34.7. The molecule has 0 saturated heterocycles. The van der Waals surface area contributed by atoms with E-state index in [9.17, 15) is 0 Å². The predicted molar refractivity (Wildman–Crippen MR) is 295 cm³/mol. The lowest BCUT2D eigenvalue weighted by atomic mass is 9.97. The van der Waals surface area contributed by atoms with Crippen molar-refractivity contribution in [3.63, 3.8) is 0 Å². The molecule has 4 aromatic heterocycles. The van der Waals surface area contributed by atoms with Gasteiger partial charge in [-0.05, 0) is 144 Å². The minimum atomic E-state index is 1.01. The van der Waals surface area contributed by atoms with E-state index in [-0.39, 0.29) is 0 Å². The Kier molecular flexibility index (Phi) is 8.45. The summed E-state index contributed by atoms with van der Waals surface area (Å²) in [4.78, 5) is 0. The first-order valence-corrected chi connectivity index (χ1v) is 24.4. The summed E-state index contributed by atoms with van der Waals surface area (Å²) in [6, 6.07) is 85.1. The van der Waals surface area contributed by atoms with Gasteiger partial charge in [0.1, 0.15) is 0 Å². The summed E-state index contributed by atoms with van der Waals surface area (Å²) in [5.41, 5.74) is 20.6. The normalized spacial score (nSPS) is 12.7. The van der Waals surface area contributed by atoms with Gasteiger partial charge in [-0.3, -0.25) is 0 Å². The highest BCUT2D eigenvalue weighted by molar-refractivity contribution is 6.12. The van der Waals surface area contributed by atoms with Gasteiger partial charge >= 0.3 is 0 Å². The summed E-state index contributed by atoms with van der Waals surface area (Å²) in [7, 11) is 0. The van der Waals surface area contributed by atoms with E-state index in [1.165, 1.54) is 116 Å².